The highest BCUT2D eigenvalue weighted by atomic mass is 19.4. The number of pyridine rings is 1. The zero-order chi connectivity index (χ0) is 26.8. The minimum atomic E-state index is -5.38. The smallest absolute Gasteiger partial charge is 0.415 e. The van der Waals surface area contributed by atoms with Gasteiger partial charge in [-0.2, -0.15) is 26.3 Å². The van der Waals surface area contributed by atoms with E-state index in [0.29, 0.717) is 25.3 Å². The van der Waals surface area contributed by atoms with Gasteiger partial charge in [-0.05, 0) is 55.9 Å². The van der Waals surface area contributed by atoms with Gasteiger partial charge in [0.05, 0.1) is 5.69 Å². The summed E-state index contributed by atoms with van der Waals surface area (Å²) in [5.74, 6) is -3.28. The highest BCUT2D eigenvalue weighted by Crippen LogP contribution is 2.46. The fourth-order valence-corrected chi connectivity index (χ4v) is 4.93. The molecule has 3 N–H and O–H groups in total. The second-order valence-electron chi connectivity index (χ2n) is 9.10. The summed E-state index contributed by atoms with van der Waals surface area (Å²) in [5, 5.41) is 17.7. The van der Waals surface area contributed by atoms with Gasteiger partial charge in [0, 0.05) is 18.2 Å². The molecule has 37 heavy (non-hydrogen) atoms. The Balaban J connectivity index is 1.76. The maximum Gasteiger partial charge on any atom is 0.430 e. The molecule has 0 aliphatic carbocycles. The van der Waals surface area contributed by atoms with Gasteiger partial charge in [-0.25, -0.2) is 9.37 Å². The van der Waals surface area contributed by atoms with Crippen LogP contribution >= 0.6 is 0 Å². The molecule has 198 valence electrons. The molecule has 1 saturated heterocycles. The molecule has 2 atom stereocenters. The van der Waals surface area contributed by atoms with E-state index in [-0.39, 0.29) is 31.0 Å². The van der Waals surface area contributed by atoms with Gasteiger partial charge in [-0.1, -0.05) is 6.07 Å². The Bertz CT molecular complexity index is 1340. The minimum Gasteiger partial charge on any atom is -0.415 e. The molecule has 2 aliphatic rings. The van der Waals surface area contributed by atoms with E-state index < -0.39 is 63.9 Å². The first-order valence-electron chi connectivity index (χ1n) is 11.4. The van der Waals surface area contributed by atoms with Crippen LogP contribution in [0.1, 0.15) is 48.3 Å². The van der Waals surface area contributed by atoms with Crippen LogP contribution in [0.2, 0.25) is 0 Å². The Hall–Kier alpha value is -3.42. The zero-order valence-corrected chi connectivity index (χ0v) is 19.0. The number of aryl methyl sites for hydroxylation is 1. The van der Waals surface area contributed by atoms with Crippen LogP contribution in [0.15, 0.2) is 28.7 Å². The molecule has 2 aliphatic heterocycles. The number of hydrogen-bond donors (Lipinski definition) is 2. The fourth-order valence-electron chi connectivity index (χ4n) is 4.93. The third-order valence-corrected chi connectivity index (χ3v) is 6.78. The van der Waals surface area contributed by atoms with Gasteiger partial charge in [0.15, 0.2) is 5.69 Å². The Labute approximate surface area is 205 Å². The highest BCUT2D eigenvalue weighted by Gasteiger charge is 2.60. The molecule has 14 heteroatoms. The van der Waals surface area contributed by atoms with Crippen molar-refractivity contribution < 1.29 is 40.3 Å². The summed E-state index contributed by atoms with van der Waals surface area (Å²) in [4.78, 5) is 5.52. The lowest BCUT2D eigenvalue weighted by atomic mass is 9.90. The minimum absolute atomic E-state index is 0.0143. The van der Waals surface area contributed by atoms with Gasteiger partial charge < -0.3 is 20.2 Å². The summed E-state index contributed by atoms with van der Waals surface area (Å²) in [7, 11) is 0. The third kappa shape index (κ3) is 4.16. The van der Waals surface area contributed by atoms with Crippen molar-refractivity contribution in [1.82, 2.24) is 15.2 Å². The molecule has 5 rings (SSSR count). The van der Waals surface area contributed by atoms with E-state index in [1.807, 2.05) is 0 Å². The molecule has 0 radical (unpaired) electrons. The van der Waals surface area contributed by atoms with E-state index in [0.717, 1.165) is 18.2 Å². The number of benzene rings is 1. The van der Waals surface area contributed by atoms with Crippen molar-refractivity contribution in [3.05, 3.63) is 52.7 Å². The Morgan fingerprint density at radius 3 is 2.49 bits per heavy atom. The number of halogens is 7. The van der Waals surface area contributed by atoms with Gasteiger partial charge in [0.1, 0.15) is 17.2 Å². The van der Waals surface area contributed by atoms with E-state index in [4.69, 9.17) is 10.2 Å². The number of nitrogens with two attached hydrogens (primary N) is 1. The van der Waals surface area contributed by atoms with E-state index >= 15 is 0 Å². The van der Waals surface area contributed by atoms with Gasteiger partial charge >= 0.3 is 12.4 Å². The second-order valence-corrected chi connectivity index (χ2v) is 9.10. The summed E-state index contributed by atoms with van der Waals surface area (Å²) in [6.07, 6.45) is -8.51. The van der Waals surface area contributed by atoms with Crippen molar-refractivity contribution in [2.24, 2.45) is 0 Å². The van der Waals surface area contributed by atoms with Crippen molar-refractivity contribution in [2.75, 3.05) is 17.2 Å². The molecular formula is C23H20F7N5O2. The quantitative estimate of drug-likeness (QED) is 0.395. The average molecular weight is 531 g/mol. The van der Waals surface area contributed by atoms with Crippen LogP contribution in [0.3, 0.4) is 0 Å². The summed E-state index contributed by atoms with van der Waals surface area (Å²) >= 11 is 0. The molecule has 4 heterocycles. The molecule has 1 fully saturated rings. The van der Waals surface area contributed by atoms with Crippen LogP contribution < -0.4 is 10.6 Å². The van der Waals surface area contributed by atoms with Crippen LogP contribution in [-0.2, 0) is 18.2 Å². The first kappa shape index (κ1) is 25.2. The van der Waals surface area contributed by atoms with Crippen LogP contribution in [0.5, 0.6) is 0 Å². The SMILES string of the molecule is Nc1cc(C(F)(F)F)c2nc1-c1nnc(o1)C(O)(C(F)(F)F)c1ccc(F)c(c1)CCC[C@@H]1CCCN21. The lowest BCUT2D eigenvalue weighted by molar-refractivity contribution is -0.255. The summed E-state index contributed by atoms with van der Waals surface area (Å²) < 4.78 is 104. The largest absolute Gasteiger partial charge is 0.430 e. The van der Waals surface area contributed by atoms with Crippen LogP contribution in [0.25, 0.3) is 11.6 Å². The highest BCUT2D eigenvalue weighted by molar-refractivity contribution is 5.71. The molecule has 6 bridgehead atoms. The Morgan fingerprint density at radius 1 is 1.05 bits per heavy atom. The van der Waals surface area contributed by atoms with E-state index in [9.17, 15) is 35.8 Å². The topological polar surface area (TPSA) is 101 Å². The van der Waals surface area contributed by atoms with Gasteiger partial charge in [0.25, 0.3) is 17.4 Å². The van der Waals surface area contributed by atoms with Crippen LogP contribution in [0, 0.1) is 5.82 Å². The predicted octanol–water partition coefficient (Wildman–Crippen LogP) is 4.98. The molecule has 0 spiro atoms. The maximum absolute atomic E-state index is 14.5. The van der Waals surface area contributed by atoms with Gasteiger partial charge in [-0.15, -0.1) is 10.2 Å². The van der Waals surface area contributed by atoms with Crippen LogP contribution in [0.4, 0.5) is 42.2 Å². The van der Waals surface area contributed by atoms with E-state index in [1.54, 1.807) is 0 Å². The summed E-state index contributed by atoms with van der Waals surface area (Å²) in [5.41, 5.74) is -0.982. The maximum atomic E-state index is 14.5. The Morgan fingerprint density at radius 2 is 1.78 bits per heavy atom. The Kier molecular flexibility index (Phi) is 5.84. The predicted molar refractivity (Wildman–Crippen MR) is 116 cm³/mol. The molecule has 2 aromatic heterocycles. The number of nitrogens with zero attached hydrogens (tertiary/aromatic N) is 4. The number of fused-ring (bicyclic) bond motifs is 9. The summed E-state index contributed by atoms with van der Waals surface area (Å²) in [6, 6.07) is 2.69. The second kappa shape index (κ2) is 8.57. The van der Waals surface area contributed by atoms with Gasteiger partial charge in [0.2, 0.25) is 0 Å². The normalized spacial score (nSPS) is 22.4. The van der Waals surface area contributed by atoms with Crippen molar-refractivity contribution in [2.45, 2.75) is 56.1 Å². The van der Waals surface area contributed by atoms with Crippen molar-refractivity contribution >= 4 is 11.5 Å². The van der Waals surface area contributed by atoms with E-state index in [1.165, 1.54) is 4.90 Å². The molecular weight excluding hydrogens is 511 g/mol. The molecule has 7 nitrogen and oxygen atoms in total. The third-order valence-electron chi connectivity index (χ3n) is 6.78. The standard InChI is InChI=1S/C23H20F7N5O2/c24-15-7-6-12-9-11(15)3-1-4-13-5-2-8-35(13)18-14(22(25,26)27)10-16(31)17(32-18)19-33-34-20(37-19)21(12,36)23(28,29)30/h6-7,9-10,13,36H,1-5,8,31H2/t13-,21?/m1/s1. The number of rotatable bonds is 0. The summed E-state index contributed by atoms with van der Waals surface area (Å²) in [6.45, 7) is 0.247. The van der Waals surface area contributed by atoms with Crippen molar-refractivity contribution in [1.29, 1.82) is 0 Å². The van der Waals surface area contributed by atoms with Crippen molar-refractivity contribution in [3.8, 4) is 11.6 Å². The average Bonchev–Trinajstić information content (AvgIpc) is 3.48. The van der Waals surface area contributed by atoms with Crippen LogP contribution in [-0.4, -0.2) is 39.1 Å². The first-order valence-corrected chi connectivity index (χ1v) is 11.4. The number of anilines is 2. The molecule has 0 saturated carbocycles. The number of aliphatic hydroxyl groups is 1. The molecule has 1 aromatic carbocycles. The number of hydrogen-bond acceptors (Lipinski definition) is 7. The monoisotopic (exact) mass is 531 g/mol. The fraction of sp³-hybridized carbons (Fsp3) is 0.435. The van der Waals surface area contributed by atoms with Crippen molar-refractivity contribution in [3.63, 3.8) is 0 Å². The number of alkyl halides is 6. The number of aromatic nitrogens is 3. The molecule has 0 amide bonds. The number of nitrogen functional groups attached to an aromatic ring is 1. The molecule has 1 unspecified atom stereocenters. The lowest BCUT2D eigenvalue weighted by Gasteiger charge is -2.29. The van der Waals surface area contributed by atoms with E-state index in [2.05, 4.69) is 15.2 Å². The first-order chi connectivity index (χ1) is 17.3. The molecule has 3 aromatic rings. The lowest BCUT2D eigenvalue weighted by Crippen LogP contribution is -2.43. The van der Waals surface area contributed by atoms with Gasteiger partial charge in [-0.3, -0.25) is 0 Å². The zero-order valence-electron chi connectivity index (χ0n) is 19.0.